The Morgan fingerprint density at radius 3 is 3.12 bits per heavy atom. The second kappa shape index (κ2) is 3.49. The molecule has 0 radical (unpaired) electrons. The molecule has 16 heavy (non-hydrogen) atoms. The van der Waals surface area contributed by atoms with Gasteiger partial charge in [0.25, 0.3) is 0 Å². The van der Waals surface area contributed by atoms with Crippen molar-refractivity contribution in [2.24, 2.45) is 0 Å². The van der Waals surface area contributed by atoms with Gasteiger partial charge < -0.3 is 14.2 Å². The number of epoxide rings is 1. The van der Waals surface area contributed by atoms with Crippen LogP contribution in [-0.4, -0.2) is 31.9 Å². The second-order valence-corrected chi connectivity index (χ2v) is 4.04. The highest BCUT2D eigenvalue weighted by Gasteiger charge is 2.41. The number of carbonyl (C=O) groups excluding carboxylic acids is 1. The molecule has 4 heteroatoms. The first-order valence-corrected chi connectivity index (χ1v) is 5.27. The quantitative estimate of drug-likeness (QED) is 0.526. The summed E-state index contributed by atoms with van der Waals surface area (Å²) in [6.07, 6.45) is 1.30. The van der Waals surface area contributed by atoms with Crippen LogP contribution in [0.25, 0.3) is 0 Å². The molecular weight excluding hydrogens is 208 g/mol. The van der Waals surface area contributed by atoms with E-state index < -0.39 is 0 Å². The van der Waals surface area contributed by atoms with Crippen LogP contribution in [0.3, 0.4) is 0 Å². The van der Waals surface area contributed by atoms with Crippen LogP contribution >= 0.6 is 0 Å². The fourth-order valence-electron chi connectivity index (χ4n) is 2.02. The number of esters is 1. The van der Waals surface area contributed by atoms with Gasteiger partial charge >= 0.3 is 5.97 Å². The van der Waals surface area contributed by atoms with Crippen molar-refractivity contribution in [3.05, 3.63) is 29.3 Å². The zero-order valence-electron chi connectivity index (χ0n) is 8.93. The highest BCUT2D eigenvalue weighted by atomic mass is 16.6. The van der Waals surface area contributed by atoms with Crippen LogP contribution in [0.2, 0.25) is 0 Å². The number of hydrogen-bond donors (Lipinski definition) is 0. The van der Waals surface area contributed by atoms with E-state index in [0.29, 0.717) is 12.2 Å². The van der Waals surface area contributed by atoms with E-state index in [4.69, 9.17) is 9.47 Å². The van der Waals surface area contributed by atoms with Crippen molar-refractivity contribution < 1.29 is 19.0 Å². The molecule has 0 aromatic heterocycles. The van der Waals surface area contributed by atoms with Gasteiger partial charge in [-0.2, -0.15) is 0 Å². The van der Waals surface area contributed by atoms with Crippen LogP contribution in [0.15, 0.2) is 18.2 Å². The van der Waals surface area contributed by atoms with Gasteiger partial charge in [-0.05, 0) is 23.8 Å². The summed E-state index contributed by atoms with van der Waals surface area (Å²) < 4.78 is 15.7. The summed E-state index contributed by atoms with van der Waals surface area (Å²) in [7, 11) is 1.38. The Morgan fingerprint density at radius 1 is 1.44 bits per heavy atom. The smallest absolute Gasteiger partial charge is 0.337 e. The van der Waals surface area contributed by atoms with Gasteiger partial charge in [-0.3, -0.25) is 0 Å². The minimum Gasteiger partial charge on any atom is -0.490 e. The van der Waals surface area contributed by atoms with Gasteiger partial charge in [-0.1, -0.05) is 0 Å². The van der Waals surface area contributed by atoms with Gasteiger partial charge in [0.15, 0.2) is 0 Å². The summed E-state index contributed by atoms with van der Waals surface area (Å²) in [5.41, 5.74) is 1.58. The Kier molecular flexibility index (Phi) is 2.11. The minimum absolute atomic E-state index is 0.231. The summed E-state index contributed by atoms with van der Waals surface area (Å²) in [5.74, 6) is 0.531. The molecule has 0 N–H and O–H groups in total. The minimum atomic E-state index is -0.319. The molecule has 1 fully saturated rings. The van der Waals surface area contributed by atoms with E-state index in [1.165, 1.54) is 7.11 Å². The normalized spacial score (nSPS) is 25.8. The van der Waals surface area contributed by atoms with Crippen molar-refractivity contribution in [1.29, 1.82) is 0 Å². The molecule has 2 aliphatic rings. The van der Waals surface area contributed by atoms with Gasteiger partial charge in [-0.25, -0.2) is 4.79 Å². The molecule has 4 nitrogen and oxygen atoms in total. The van der Waals surface area contributed by atoms with Gasteiger partial charge in [0, 0.05) is 6.42 Å². The number of benzene rings is 1. The molecule has 1 aromatic rings. The summed E-state index contributed by atoms with van der Waals surface area (Å²) >= 11 is 0. The average molecular weight is 220 g/mol. The Bertz CT molecular complexity index is 441. The highest BCUT2D eigenvalue weighted by Crippen LogP contribution is 2.34. The molecule has 3 rings (SSSR count). The fraction of sp³-hybridized carbons (Fsp3) is 0.417. The van der Waals surface area contributed by atoms with Gasteiger partial charge in [0.1, 0.15) is 18.5 Å². The molecule has 1 saturated heterocycles. The van der Waals surface area contributed by atoms with Crippen LogP contribution in [-0.2, 0) is 15.9 Å². The van der Waals surface area contributed by atoms with Crippen molar-refractivity contribution in [1.82, 2.24) is 0 Å². The molecule has 2 unspecified atom stereocenters. The number of carbonyl (C=O) groups is 1. The van der Waals surface area contributed by atoms with E-state index in [1.807, 2.05) is 12.1 Å². The molecule has 84 valence electrons. The highest BCUT2D eigenvalue weighted by molar-refractivity contribution is 5.89. The Labute approximate surface area is 93.1 Å². The fourth-order valence-corrected chi connectivity index (χ4v) is 2.02. The van der Waals surface area contributed by atoms with Gasteiger partial charge in [-0.15, -0.1) is 0 Å². The summed E-state index contributed by atoms with van der Waals surface area (Å²) in [6, 6.07) is 5.38. The lowest BCUT2D eigenvalue weighted by Gasteiger charge is -2.09. The van der Waals surface area contributed by atoms with Crippen LogP contribution < -0.4 is 4.74 Å². The van der Waals surface area contributed by atoms with E-state index in [2.05, 4.69) is 4.74 Å². The summed E-state index contributed by atoms with van der Waals surface area (Å²) in [5, 5.41) is 0. The molecule has 2 heterocycles. The third-order valence-electron chi connectivity index (χ3n) is 2.99. The monoisotopic (exact) mass is 220 g/mol. The zero-order valence-corrected chi connectivity index (χ0v) is 8.93. The van der Waals surface area contributed by atoms with Crippen molar-refractivity contribution >= 4 is 5.97 Å². The van der Waals surface area contributed by atoms with Gasteiger partial charge in [0.2, 0.25) is 0 Å². The average Bonchev–Trinajstić information content (AvgIpc) is 3.04. The van der Waals surface area contributed by atoms with Crippen LogP contribution in [0.4, 0.5) is 0 Å². The van der Waals surface area contributed by atoms with Crippen molar-refractivity contribution in [3.63, 3.8) is 0 Å². The lowest BCUT2D eigenvalue weighted by Crippen LogP contribution is -2.05. The molecule has 0 spiro atoms. The number of rotatable bonds is 1. The van der Waals surface area contributed by atoms with Crippen LogP contribution in [0.1, 0.15) is 15.9 Å². The van der Waals surface area contributed by atoms with Crippen molar-refractivity contribution in [3.8, 4) is 5.75 Å². The second-order valence-electron chi connectivity index (χ2n) is 4.04. The Morgan fingerprint density at radius 2 is 2.31 bits per heavy atom. The summed E-state index contributed by atoms with van der Waals surface area (Å²) in [4.78, 5) is 11.4. The Balaban J connectivity index is 1.94. The van der Waals surface area contributed by atoms with E-state index in [-0.39, 0.29) is 18.2 Å². The van der Waals surface area contributed by atoms with Crippen molar-refractivity contribution in [2.45, 2.75) is 18.6 Å². The maximum Gasteiger partial charge on any atom is 0.337 e. The molecule has 0 amide bonds. The molecule has 2 aliphatic heterocycles. The van der Waals surface area contributed by atoms with E-state index >= 15 is 0 Å². The number of fused-ring (bicyclic) bond motifs is 2. The molecule has 0 saturated carbocycles. The Hall–Kier alpha value is -1.55. The van der Waals surface area contributed by atoms with E-state index in [0.717, 1.165) is 17.7 Å². The first-order valence-electron chi connectivity index (χ1n) is 5.27. The number of methoxy groups -OCH3 is 1. The summed E-state index contributed by atoms with van der Waals surface area (Å²) in [6.45, 7) is 0.606. The molecular formula is C12H12O4. The number of ether oxygens (including phenoxy) is 3. The number of hydrogen-bond acceptors (Lipinski definition) is 4. The predicted octanol–water partition coefficient (Wildman–Crippen LogP) is 1.18. The lowest BCUT2D eigenvalue weighted by molar-refractivity contribution is 0.0600. The van der Waals surface area contributed by atoms with Crippen molar-refractivity contribution in [2.75, 3.05) is 13.7 Å². The lowest BCUT2D eigenvalue weighted by atomic mass is 10.0. The first kappa shape index (κ1) is 9.66. The SMILES string of the molecule is COC(=O)c1ccc2c(c1)CC1OC1CO2. The van der Waals surface area contributed by atoms with Crippen LogP contribution in [0.5, 0.6) is 5.75 Å². The van der Waals surface area contributed by atoms with Crippen LogP contribution in [0, 0.1) is 0 Å². The third kappa shape index (κ3) is 1.55. The predicted molar refractivity (Wildman–Crippen MR) is 55.6 cm³/mol. The molecule has 0 bridgehead atoms. The zero-order chi connectivity index (χ0) is 11.1. The molecule has 0 aliphatic carbocycles. The standard InChI is InChI=1S/C12H12O4/c1-14-12(13)7-2-3-9-8(4-7)5-10-11(16-10)6-15-9/h2-4,10-11H,5-6H2,1H3. The third-order valence-corrected chi connectivity index (χ3v) is 2.99. The first-order chi connectivity index (χ1) is 7.78. The maximum atomic E-state index is 11.4. The molecule has 1 aromatic carbocycles. The van der Waals surface area contributed by atoms with Gasteiger partial charge in [0.05, 0.1) is 18.8 Å². The van der Waals surface area contributed by atoms with E-state index in [9.17, 15) is 4.79 Å². The topological polar surface area (TPSA) is 48.1 Å². The molecule has 2 atom stereocenters. The van der Waals surface area contributed by atoms with E-state index in [1.54, 1.807) is 6.07 Å². The largest absolute Gasteiger partial charge is 0.490 e. The maximum absolute atomic E-state index is 11.4.